The Kier molecular flexibility index (Phi) is 5.98. The lowest BCUT2D eigenvalue weighted by molar-refractivity contribution is -0.128. The van der Waals surface area contributed by atoms with Gasteiger partial charge in [-0.1, -0.05) is 23.2 Å². The zero-order chi connectivity index (χ0) is 20.3. The van der Waals surface area contributed by atoms with Crippen LogP contribution in [0.25, 0.3) is 11.3 Å². The van der Waals surface area contributed by atoms with E-state index in [1.165, 1.54) is 0 Å². The molecule has 28 heavy (non-hydrogen) atoms. The highest BCUT2D eigenvalue weighted by molar-refractivity contribution is 6.33. The van der Waals surface area contributed by atoms with E-state index in [1.807, 2.05) is 0 Å². The molecule has 0 atom stereocenters. The van der Waals surface area contributed by atoms with Crippen molar-refractivity contribution in [2.75, 3.05) is 5.32 Å². The summed E-state index contributed by atoms with van der Waals surface area (Å²) in [5, 5.41) is 13.0. The Hall–Kier alpha value is -2.47. The summed E-state index contributed by atoms with van der Waals surface area (Å²) in [7, 11) is 0. The number of benzene rings is 2. The molecule has 0 fully saturated rings. The Morgan fingerprint density at radius 3 is 2.46 bits per heavy atom. The fourth-order valence-corrected chi connectivity index (χ4v) is 2.86. The molecule has 0 aliphatic heterocycles. The quantitative estimate of drug-likeness (QED) is 0.549. The topological polar surface area (TPSA) is 71.7 Å². The van der Waals surface area contributed by atoms with Gasteiger partial charge >= 0.3 is 0 Å². The predicted octanol–water partition coefficient (Wildman–Crippen LogP) is 5.54. The van der Waals surface area contributed by atoms with Crippen LogP contribution in [0.5, 0.6) is 5.75 Å². The highest BCUT2D eigenvalue weighted by atomic mass is 35.5. The lowest BCUT2D eigenvalue weighted by Gasteiger charge is -2.25. The van der Waals surface area contributed by atoms with Crippen LogP contribution in [-0.2, 0) is 11.4 Å². The zero-order valence-electron chi connectivity index (χ0n) is 15.3. The fourth-order valence-electron chi connectivity index (χ4n) is 2.52. The van der Waals surface area contributed by atoms with Gasteiger partial charge in [-0.15, -0.1) is 0 Å². The molecular weight excluding hydrogens is 401 g/mol. The van der Waals surface area contributed by atoms with Gasteiger partial charge in [0.1, 0.15) is 23.9 Å². The summed E-state index contributed by atoms with van der Waals surface area (Å²) in [4.78, 5) is 12.7. The first-order valence-electron chi connectivity index (χ1n) is 8.54. The fraction of sp³-hybridized carbons (Fsp3) is 0.190. The minimum atomic E-state index is -1.12. The summed E-state index contributed by atoms with van der Waals surface area (Å²) >= 11 is 12.1. The first kappa shape index (κ1) is 20.3. The number of carbonyl (C=O) groups is 1. The molecule has 0 aliphatic carbocycles. The minimum Gasteiger partial charge on any atom is -0.478 e. The van der Waals surface area contributed by atoms with Crippen molar-refractivity contribution in [2.24, 2.45) is 0 Å². The van der Waals surface area contributed by atoms with Crippen molar-refractivity contribution in [2.45, 2.75) is 26.1 Å². The Morgan fingerprint density at radius 1 is 1.11 bits per heavy atom. The van der Waals surface area contributed by atoms with Crippen LogP contribution < -0.4 is 10.1 Å². The predicted molar refractivity (Wildman–Crippen MR) is 110 cm³/mol. The van der Waals surface area contributed by atoms with Crippen LogP contribution in [0.3, 0.4) is 0 Å². The van der Waals surface area contributed by atoms with Gasteiger partial charge in [0.15, 0.2) is 5.60 Å². The molecule has 0 radical (unpaired) electrons. The number of carbonyl (C=O) groups excluding carboxylic acids is 1. The van der Waals surface area contributed by atoms with Gasteiger partial charge in [0.05, 0.1) is 5.02 Å². The molecule has 3 rings (SSSR count). The normalized spacial score (nSPS) is 11.3. The third kappa shape index (κ3) is 4.68. The summed E-state index contributed by atoms with van der Waals surface area (Å²) in [5.74, 6) is 1.14. The Balaban J connectivity index is 1.77. The average Bonchev–Trinajstić information content (AvgIpc) is 3.14. The number of hydrogen-bond acceptors (Lipinski definition) is 4. The first-order valence-corrected chi connectivity index (χ1v) is 9.29. The van der Waals surface area contributed by atoms with Gasteiger partial charge < -0.3 is 19.6 Å². The second-order valence-corrected chi connectivity index (χ2v) is 7.48. The molecule has 0 spiro atoms. The number of nitrogens with one attached hydrogen (secondary N) is 1. The summed E-state index contributed by atoms with van der Waals surface area (Å²) < 4.78 is 11.3. The lowest BCUT2D eigenvalue weighted by atomic mass is 10.1. The van der Waals surface area contributed by atoms with Gasteiger partial charge in [-0.2, -0.15) is 0 Å². The molecule has 0 aliphatic rings. The maximum atomic E-state index is 12.7. The third-order valence-corrected chi connectivity index (χ3v) is 4.62. The second-order valence-electron chi connectivity index (χ2n) is 6.64. The van der Waals surface area contributed by atoms with Gasteiger partial charge in [-0.25, -0.2) is 0 Å². The van der Waals surface area contributed by atoms with E-state index in [2.05, 4.69) is 5.32 Å². The van der Waals surface area contributed by atoms with Gasteiger partial charge in [0.25, 0.3) is 5.91 Å². The van der Waals surface area contributed by atoms with Crippen molar-refractivity contribution in [3.05, 3.63) is 70.4 Å². The van der Waals surface area contributed by atoms with E-state index in [4.69, 9.17) is 37.5 Å². The van der Waals surface area contributed by atoms with E-state index >= 15 is 0 Å². The van der Waals surface area contributed by atoms with Crippen LogP contribution in [0.1, 0.15) is 19.6 Å². The number of amides is 1. The Bertz CT molecular complexity index is 980. The minimum absolute atomic E-state index is 0.204. The highest BCUT2D eigenvalue weighted by Crippen LogP contribution is 2.32. The summed E-state index contributed by atoms with van der Waals surface area (Å²) in [6.45, 7) is 3.14. The number of rotatable bonds is 6. The molecular formula is C21H19Cl2NO4. The molecule has 0 unspecified atom stereocenters. The molecule has 2 aromatic carbocycles. The first-order chi connectivity index (χ1) is 13.3. The van der Waals surface area contributed by atoms with Gasteiger partial charge in [0.2, 0.25) is 0 Å². The number of anilines is 1. The van der Waals surface area contributed by atoms with Crippen molar-refractivity contribution in [1.82, 2.24) is 0 Å². The molecule has 3 aromatic rings. The van der Waals surface area contributed by atoms with Crippen LogP contribution in [0.15, 0.2) is 59.0 Å². The van der Waals surface area contributed by atoms with Crippen molar-refractivity contribution >= 4 is 34.8 Å². The van der Waals surface area contributed by atoms with E-state index < -0.39 is 5.60 Å². The van der Waals surface area contributed by atoms with Crippen LogP contribution in [0.4, 0.5) is 5.69 Å². The SMILES string of the molecule is CC(C)(Oc1ccc(Cl)cc1)C(=O)Nc1ccc(Cl)c(-c2ccc(CO)o2)c1. The second kappa shape index (κ2) is 8.27. The molecule has 5 nitrogen and oxygen atoms in total. The molecule has 1 amide bonds. The van der Waals surface area contributed by atoms with Crippen LogP contribution in [-0.4, -0.2) is 16.6 Å². The standard InChI is InChI=1S/C21H19Cl2NO4/c1-21(2,28-15-6-3-13(22)4-7-15)20(26)24-14-5-9-18(23)17(11-14)19-10-8-16(12-25)27-19/h3-11,25H,12H2,1-2H3,(H,24,26). The van der Waals surface area contributed by atoms with Crippen molar-refractivity contribution in [3.8, 4) is 17.1 Å². The molecule has 1 heterocycles. The molecule has 146 valence electrons. The molecule has 0 bridgehead atoms. The number of ether oxygens (including phenoxy) is 1. The maximum absolute atomic E-state index is 12.7. The summed E-state index contributed by atoms with van der Waals surface area (Å²) in [6.07, 6.45) is 0. The lowest BCUT2D eigenvalue weighted by Crippen LogP contribution is -2.42. The van der Waals surface area contributed by atoms with Gasteiger partial charge in [-0.05, 0) is 68.4 Å². The van der Waals surface area contributed by atoms with Gasteiger partial charge in [0, 0.05) is 16.3 Å². The van der Waals surface area contributed by atoms with Crippen LogP contribution in [0.2, 0.25) is 10.0 Å². The number of hydrogen-bond donors (Lipinski definition) is 2. The van der Waals surface area contributed by atoms with Gasteiger partial charge in [-0.3, -0.25) is 4.79 Å². The molecule has 0 saturated heterocycles. The largest absolute Gasteiger partial charge is 0.478 e. The zero-order valence-corrected chi connectivity index (χ0v) is 16.8. The molecule has 2 N–H and O–H groups in total. The third-order valence-electron chi connectivity index (χ3n) is 4.04. The van der Waals surface area contributed by atoms with Crippen LogP contribution >= 0.6 is 23.2 Å². The van der Waals surface area contributed by atoms with Crippen molar-refractivity contribution < 1.29 is 19.1 Å². The number of aliphatic hydroxyl groups is 1. The smallest absolute Gasteiger partial charge is 0.267 e. The average molecular weight is 420 g/mol. The van der Waals surface area contributed by atoms with E-state index in [0.29, 0.717) is 38.6 Å². The number of aliphatic hydroxyl groups excluding tert-OH is 1. The molecule has 0 saturated carbocycles. The number of halogens is 2. The van der Waals surface area contributed by atoms with E-state index in [0.717, 1.165) is 0 Å². The molecule has 7 heteroatoms. The monoisotopic (exact) mass is 419 g/mol. The van der Waals surface area contributed by atoms with Crippen LogP contribution in [0, 0.1) is 0 Å². The summed E-state index contributed by atoms with van der Waals surface area (Å²) in [5.41, 5.74) is 0.0252. The Morgan fingerprint density at radius 2 is 1.82 bits per heavy atom. The maximum Gasteiger partial charge on any atom is 0.267 e. The van der Waals surface area contributed by atoms with E-state index in [-0.39, 0.29) is 12.5 Å². The highest BCUT2D eigenvalue weighted by Gasteiger charge is 2.30. The van der Waals surface area contributed by atoms with Crippen molar-refractivity contribution in [3.63, 3.8) is 0 Å². The molecule has 1 aromatic heterocycles. The van der Waals surface area contributed by atoms with E-state index in [9.17, 15) is 4.79 Å². The van der Waals surface area contributed by atoms with E-state index in [1.54, 1.807) is 68.4 Å². The summed E-state index contributed by atoms with van der Waals surface area (Å²) in [6, 6.07) is 15.2. The number of furan rings is 1. The van der Waals surface area contributed by atoms with Crippen molar-refractivity contribution in [1.29, 1.82) is 0 Å². The Labute approximate surface area is 172 Å².